The van der Waals surface area contributed by atoms with Gasteiger partial charge in [-0.3, -0.25) is 4.79 Å². The van der Waals surface area contributed by atoms with E-state index < -0.39 is 13.9 Å². The molecule has 0 saturated carbocycles. The maximum absolute atomic E-state index is 12.5. The average Bonchev–Trinajstić information content (AvgIpc) is 2.51. The maximum atomic E-state index is 12.5. The molecule has 0 unspecified atom stereocenters. The number of alkyl halides is 1. The van der Waals surface area contributed by atoms with Crippen molar-refractivity contribution >= 4 is 31.9 Å². The molecule has 0 radical (unpaired) electrons. The van der Waals surface area contributed by atoms with Crippen LogP contribution in [0, 0.1) is 0 Å². The minimum atomic E-state index is -2.07. The largest absolute Gasteiger partial charge is 0.444 e. The summed E-state index contributed by atoms with van der Waals surface area (Å²) in [6.45, 7) is 17.5. The van der Waals surface area contributed by atoms with Crippen molar-refractivity contribution in [3.05, 3.63) is 0 Å². The summed E-state index contributed by atoms with van der Waals surface area (Å²) < 4.78 is 12.2. The Bertz CT molecular complexity index is 543. The van der Waals surface area contributed by atoms with Crippen LogP contribution in [0.3, 0.4) is 0 Å². The minimum absolute atomic E-state index is 0.0137. The van der Waals surface area contributed by atoms with E-state index in [1.807, 2.05) is 20.8 Å². The van der Waals surface area contributed by atoms with Gasteiger partial charge >= 0.3 is 6.09 Å². The molecule has 8 heteroatoms. The topological polar surface area (TPSA) is 67.9 Å². The lowest BCUT2D eigenvalue weighted by Gasteiger charge is -2.45. The number of hydrogen-bond donors (Lipinski definition) is 1. The molecule has 2 amide bonds. The Hall–Kier alpha value is -0.793. The van der Waals surface area contributed by atoms with Crippen molar-refractivity contribution < 1.29 is 18.8 Å². The van der Waals surface area contributed by atoms with Gasteiger partial charge in [0.25, 0.3) is 0 Å². The molecule has 1 aliphatic heterocycles. The van der Waals surface area contributed by atoms with Crippen LogP contribution in [-0.4, -0.2) is 61.9 Å². The number of ether oxygens (including phenoxy) is 1. The van der Waals surface area contributed by atoms with Crippen molar-refractivity contribution in [1.29, 1.82) is 0 Å². The Balaban J connectivity index is 2.92. The van der Waals surface area contributed by atoms with E-state index >= 15 is 0 Å². The third kappa shape index (κ3) is 7.91. The molecule has 0 aromatic rings. The van der Waals surface area contributed by atoms with Crippen molar-refractivity contribution in [3.8, 4) is 0 Å². The quantitative estimate of drug-likeness (QED) is 0.492. The lowest BCUT2D eigenvalue weighted by atomic mass is 10.0. The van der Waals surface area contributed by atoms with E-state index in [2.05, 4.69) is 39.2 Å². The molecule has 1 aliphatic rings. The van der Waals surface area contributed by atoms with Crippen LogP contribution >= 0.6 is 11.6 Å². The fourth-order valence-corrected chi connectivity index (χ4v) is 4.24. The predicted molar refractivity (Wildman–Crippen MR) is 116 cm³/mol. The first-order chi connectivity index (χ1) is 12.7. The number of nitrogens with one attached hydrogen (secondary N) is 1. The Kier molecular flexibility index (Phi) is 8.84. The molecule has 0 aromatic carbocycles. The smallest absolute Gasteiger partial charge is 0.410 e. The van der Waals surface area contributed by atoms with Crippen molar-refractivity contribution in [3.63, 3.8) is 0 Å². The van der Waals surface area contributed by atoms with E-state index in [0.717, 1.165) is 0 Å². The standard InChI is InChI=1S/C20H39ClN2O4Si/c1-19(2,3)26-18(25)23-13-11-15(22-17(24)10-9-12-21)16(14-23)27-28(7,8)20(4,5)6/h15-16H,9-14H2,1-8H3,(H,22,24)/t15-,16-/m0/s1. The van der Waals surface area contributed by atoms with Crippen LogP contribution in [0.1, 0.15) is 60.8 Å². The zero-order valence-corrected chi connectivity index (χ0v) is 20.6. The van der Waals surface area contributed by atoms with E-state index in [1.165, 1.54) is 0 Å². The summed E-state index contributed by atoms with van der Waals surface area (Å²) in [5.74, 6) is 0.453. The minimum Gasteiger partial charge on any atom is -0.444 e. The molecular formula is C20H39ClN2O4Si. The first-order valence-corrected chi connectivity index (χ1v) is 13.6. The number of halogens is 1. The predicted octanol–water partition coefficient (Wildman–Crippen LogP) is 4.52. The lowest BCUT2D eigenvalue weighted by Crippen LogP contribution is -2.60. The summed E-state index contributed by atoms with van der Waals surface area (Å²) in [6.07, 6.45) is 1.12. The molecule has 1 fully saturated rings. The van der Waals surface area contributed by atoms with Gasteiger partial charge in [-0.1, -0.05) is 20.8 Å². The summed E-state index contributed by atoms with van der Waals surface area (Å²) >= 11 is 5.70. The molecule has 1 rings (SSSR count). The van der Waals surface area contributed by atoms with Gasteiger partial charge in [-0.15, -0.1) is 11.6 Å². The zero-order valence-electron chi connectivity index (χ0n) is 18.9. The summed E-state index contributed by atoms with van der Waals surface area (Å²) in [7, 11) is -2.07. The molecule has 0 aliphatic carbocycles. The third-order valence-corrected chi connectivity index (χ3v) is 10.1. The van der Waals surface area contributed by atoms with E-state index in [4.69, 9.17) is 20.8 Å². The molecule has 0 bridgehead atoms. The van der Waals surface area contributed by atoms with Gasteiger partial charge < -0.3 is 19.4 Å². The van der Waals surface area contributed by atoms with Crippen molar-refractivity contribution in [2.45, 2.75) is 96.7 Å². The number of carbonyl (C=O) groups excluding carboxylic acids is 2. The van der Waals surface area contributed by atoms with E-state index in [0.29, 0.717) is 38.2 Å². The highest BCUT2D eigenvalue weighted by Gasteiger charge is 2.43. The second-order valence-corrected chi connectivity index (χ2v) is 15.2. The number of likely N-dealkylation sites (tertiary alicyclic amines) is 1. The second-order valence-electron chi connectivity index (χ2n) is 10.1. The molecule has 0 spiro atoms. The van der Waals surface area contributed by atoms with Crippen molar-refractivity contribution in [2.75, 3.05) is 19.0 Å². The zero-order chi connectivity index (χ0) is 21.8. The number of amides is 2. The highest BCUT2D eigenvalue weighted by Crippen LogP contribution is 2.38. The molecule has 2 atom stereocenters. The molecule has 6 nitrogen and oxygen atoms in total. The first kappa shape index (κ1) is 25.2. The summed E-state index contributed by atoms with van der Waals surface area (Å²) in [6, 6.07) is -0.115. The van der Waals surface area contributed by atoms with Gasteiger partial charge in [0.2, 0.25) is 5.91 Å². The molecule has 1 saturated heterocycles. The van der Waals surface area contributed by atoms with Gasteiger partial charge in [-0.25, -0.2) is 4.79 Å². The van der Waals surface area contributed by atoms with E-state index in [9.17, 15) is 9.59 Å². The number of hydrogen-bond acceptors (Lipinski definition) is 4. The van der Waals surface area contributed by atoms with Gasteiger partial charge in [-0.2, -0.15) is 0 Å². The van der Waals surface area contributed by atoms with Gasteiger partial charge in [-0.05, 0) is 51.7 Å². The normalized spacial score (nSPS) is 21.4. The fourth-order valence-electron chi connectivity index (χ4n) is 2.75. The highest BCUT2D eigenvalue weighted by molar-refractivity contribution is 6.74. The second kappa shape index (κ2) is 9.81. The molecule has 164 valence electrons. The Morgan fingerprint density at radius 3 is 2.29 bits per heavy atom. The van der Waals surface area contributed by atoms with Crippen molar-refractivity contribution in [2.24, 2.45) is 0 Å². The van der Waals surface area contributed by atoms with Crippen LogP contribution in [0.15, 0.2) is 0 Å². The van der Waals surface area contributed by atoms with Gasteiger partial charge in [0, 0.05) is 18.8 Å². The van der Waals surface area contributed by atoms with Crippen LogP contribution in [-0.2, 0) is 14.0 Å². The number of rotatable bonds is 6. The van der Waals surface area contributed by atoms with E-state index in [1.54, 1.807) is 4.90 Å². The SMILES string of the molecule is CC(C)(C)OC(=O)N1CC[C@H](NC(=O)CCCCl)[C@@H](O[Si](C)(C)C(C)(C)C)C1. The van der Waals surface area contributed by atoms with Crippen LogP contribution in [0.25, 0.3) is 0 Å². The molecule has 0 aromatic heterocycles. The first-order valence-electron chi connectivity index (χ1n) is 10.2. The van der Waals surface area contributed by atoms with Gasteiger partial charge in [0.1, 0.15) is 5.60 Å². The third-order valence-electron chi connectivity index (χ3n) is 5.35. The Labute approximate surface area is 176 Å². The summed E-state index contributed by atoms with van der Waals surface area (Å²) in [5, 5.41) is 3.14. The van der Waals surface area contributed by atoms with Crippen LogP contribution in [0.5, 0.6) is 0 Å². The summed E-state index contributed by atoms with van der Waals surface area (Å²) in [4.78, 5) is 26.5. The van der Waals surface area contributed by atoms with Crippen LogP contribution < -0.4 is 5.32 Å². The Morgan fingerprint density at radius 1 is 1.18 bits per heavy atom. The highest BCUT2D eigenvalue weighted by atomic mass is 35.5. The number of carbonyl (C=O) groups is 2. The van der Waals surface area contributed by atoms with Gasteiger partial charge in [0.05, 0.1) is 18.7 Å². The number of nitrogens with zero attached hydrogens (tertiary/aromatic N) is 1. The average molecular weight is 435 g/mol. The summed E-state index contributed by atoms with van der Waals surface area (Å²) in [5.41, 5.74) is -0.542. The molecule has 1 N–H and O–H groups in total. The fraction of sp³-hybridized carbons (Fsp3) is 0.900. The molecule has 28 heavy (non-hydrogen) atoms. The maximum Gasteiger partial charge on any atom is 0.410 e. The number of piperidine rings is 1. The van der Waals surface area contributed by atoms with Crippen LogP contribution in [0.4, 0.5) is 4.79 Å². The van der Waals surface area contributed by atoms with E-state index in [-0.39, 0.29) is 29.2 Å². The van der Waals surface area contributed by atoms with Crippen LogP contribution in [0.2, 0.25) is 18.1 Å². The molecule has 1 heterocycles. The molecular weight excluding hydrogens is 396 g/mol. The van der Waals surface area contributed by atoms with Crippen molar-refractivity contribution in [1.82, 2.24) is 10.2 Å². The Morgan fingerprint density at radius 2 is 1.79 bits per heavy atom. The monoisotopic (exact) mass is 434 g/mol. The van der Waals surface area contributed by atoms with Gasteiger partial charge in [0.15, 0.2) is 8.32 Å². The lowest BCUT2D eigenvalue weighted by molar-refractivity contribution is -0.123.